The Morgan fingerprint density at radius 3 is 1.93 bits per heavy atom. The fraction of sp³-hybridized carbons (Fsp3) is 0.500. The first-order valence-electron chi connectivity index (χ1n) is 13.1. The van der Waals surface area contributed by atoms with E-state index in [0.717, 1.165) is 0 Å². The van der Waals surface area contributed by atoms with Crippen LogP contribution in [0.25, 0.3) is 22.3 Å². The van der Waals surface area contributed by atoms with Crippen molar-refractivity contribution in [2.45, 2.75) is 49.0 Å². The third kappa shape index (κ3) is 5.55. The molecule has 3 fully saturated rings. The third-order valence-corrected chi connectivity index (χ3v) is 10.7. The predicted molar refractivity (Wildman–Crippen MR) is 161 cm³/mol. The highest BCUT2D eigenvalue weighted by Gasteiger charge is 2.52. The second kappa shape index (κ2) is 11.2. The minimum absolute atomic E-state index is 0.0275. The maximum Gasteiger partial charge on any atom is 0.386 e. The minimum atomic E-state index is -4.20. The van der Waals surface area contributed by atoms with Gasteiger partial charge in [0.25, 0.3) is 5.56 Å². The van der Waals surface area contributed by atoms with Gasteiger partial charge in [-0.05, 0) is 0 Å². The summed E-state index contributed by atoms with van der Waals surface area (Å²) in [5.41, 5.74) is 24.7. The molecule has 3 saturated heterocycles. The zero-order valence-electron chi connectivity index (χ0n) is 22.7. The van der Waals surface area contributed by atoms with Crippen LogP contribution in [0.3, 0.4) is 0 Å². The van der Waals surface area contributed by atoms with Crippen molar-refractivity contribution in [3.8, 4) is 0 Å². The van der Waals surface area contributed by atoms with Gasteiger partial charge < -0.3 is 32.4 Å². The van der Waals surface area contributed by atoms with Crippen molar-refractivity contribution in [3.05, 3.63) is 29.3 Å². The monoisotopic (exact) mass is 704 g/mol. The van der Waals surface area contributed by atoms with Crippen LogP contribution in [0, 0.1) is 0 Å². The van der Waals surface area contributed by atoms with Gasteiger partial charge in [-0.3, -0.25) is 37.0 Å². The molecule has 3 unspecified atom stereocenters. The van der Waals surface area contributed by atoms with Crippen molar-refractivity contribution in [2.75, 3.05) is 24.7 Å². The number of anilines is 2. The number of imidazole rings is 2. The van der Waals surface area contributed by atoms with Gasteiger partial charge in [0.2, 0.25) is 5.95 Å². The van der Waals surface area contributed by atoms with Gasteiger partial charge in [-0.1, -0.05) is 24.5 Å². The third-order valence-electron chi connectivity index (χ3n) is 7.48. The number of nitrogens with two attached hydrogens (primary N) is 4. The van der Waals surface area contributed by atoms with E-state index in [1.807, 2.05) is 0 Å². The number of hydrogen-bond acceptors (Lipinski definition) is 18. The largest absolute Gasteiger partial charge is 0.386 e. The number of rotatable bonds is 2. The van der Waals surface area contributed by atoms with E-state index in [4.69, 9.17) is 50.5 Å². The molecule has 10 atom stereocenters. The molecule has 0 aromatic carbocycles. The Balaban J connectivity index is 1.17. The standard InChI is InChI=1S/C20H26N12O9P2S2/c21-8-12-6(38-18(8)31-4-27-10-14(23)25-3-26-15(10)31)1-36-43(35,45)41-13-7(2-37-42(34,44)40-12)39-19(9(13)22)32-5-28-11-16(32)29-20(24)30-17(11)33/h3-9,12-13,18-19H,1-2,21-22H2,(H,34,44)(H,35,45)(H2,23,25,26)(H3,24,29,30,33)/t6-,7-,8+,9+,12+,13?,18-,19-,42?,43?/m1/s1. The van der Waals surface area contributed by atoms with E-state index in [9.17, 15) is 13.9 Å². The zero-order valence-corrected chi connectivity index (χ0v) is 26.2. The van der Waals surface area contributed by atoms with Gasteiger partial charge in [0, 0.05) is 0 Å². The van der Waals surface area contributed by atoms with Gasteiger partial charge in [0.05, 0.1) is 38.0 Å². The lowest BCUT2D eigenvalue weighted by atomic mass is 10.1. The number of fused-ring (bicyclic) bond motifs is 4. The Morgan fingerprint density at radius 1 is 0.822 bits per heavy atom. The molecule has 0 amide bonds. The average molecular weight is 705 g/mol. The molecule has 25 heteroatoms. The number of thiol groups is 2. The summed E-state index contributed by atoms with van der Waals surface area (Å²) in [4.78, 5) is 35.2. The van der Waals surface area contributed by atoms with Crippen molar-refractivity contribution in [1.82, 2.24) is 39.0 Å². The Labute approximate surface area is 262 Å². The normalized spacial score (nSPS) is 37.7. The SMILES string of the molecule is Nc1nc2c(ncn2[C@@H]2O[C@@H]3COP(=O)(S)O[C@@H]4[C@H](N)[C@H](n5cnc6c(N)ncnc65)O[C@@H]4COP(=O)(S)OC3[C@@H]2N)c(=O)[nH]1. The molecule has 21 nitrogen and oxygen atoms in total. The summed E-state index contributed by atoms with van der Waals surface area (Å²) >= 11 is 8.29. The first kappa shape index (κ1) is 31.0. The second-order valence-electron chi connectivity index (χ2n) is 10.3. The lowest BCUT2D eigenvalue weighted by Gasteiger charge is -2.29. The summed E-state index contributed by atoms with van der Waals surface area (Å²) in [5.74, 6) is -0.0264. The number of H-pyrrole nitrogens is 1. The van der Waals surface area contributed by atoms with Gasteiger partial charge in [0.15, 0.2) is 35.1 Å². The second-order valence-corrected chi connectivity index (χ2v) is 16.1. The smallest absolute Gasteiger partial charge is 0.382 e. The van der Waals surface area contributed by atoms with Crippen LogP contribution in [0.5, 0.6) is 0 Å². The van der Waals surface area contributed by atoms with Gasteiger partial charge >= 0.3 is 13.6 Å². The predicted octanol–water partition coefficient (Wildman–Crippen LogP) is -0.534. The van der Waals surface area contributed by atoms with Gasteiger partial charge in [0.1, 0.15) is 36.3 Å². The first-order valence-corrected chi connectivity index (χ1v) is 18.5. The Kier molecular flexibility index (Phi) is 7.74. The van der Waals surface area contributed by atoms with Crippen LogP contribution in [0.2, 0.25) is 0 Å². The maximum absolute atomic E-state index is 13.5. The molecule has 3 aliphatic heterocycles. The molecule has 7 rings (SSSR count). The number of nitrogen functional groups attached to an aromatic ring is 2. The molecular weight excluding hydrogens is 678 g/mol. The molecule has 0 spiro atoms. The van der Waals surface area contributed by atoms with E-state index in [1.54, 1.807) is 0 Å². The fourth-order valence-electron chi connectivity index (χ4n) is 5.45. The highest BCUT2D eigenvalue weighted by atomic mass is 32.7. The molecule has 3 aliphatic rings. The van der Waals surface area contributed by atoms with Crippen molar-refractivity contribution in [2.24, 2.45) is 11.5 Å². The molecule has 0 bridgehead atoms. The van der Waals surface area contributed by atoms with Crippen molar-refractivity contribution in [1.29, 1.82) is 0 Å². The maximum atomic E-state index is 13.5. The van der Waals surface area contributed by atoms with E-state index in [0.29, 0.717) is 11.2 Å². The summed E-state index contributed by atoms with van der Waals surface area (Å²) in [6, 6.07) is -2.09. The summed E-state index contributed by atoms with van der Waals surface area (Å²) in [5, 5.41) is 0. The van der Waals surface area contributed by atoms with Crippen LogP contribution in [-0.4, -0.2) is 88.8 Å². The number of aromatic nitrogens is 8. The number of hydrogen-bond donors (Lipinski definition) is 7. The summed E-state index contributed by atoms with van der Waals surface area (Å²) in [6.45, 7) is -9.29. The van der Waals surface area contributed by atoms with Crippen LogP contribution in [0.15, 0.2) is 23.8 Å². The lowest BCUT2D eigenvalue weighted by molar-refractivity contribution is -0.0537. The average Bonchev–Trinajstić information content (AvgIpc) is 3.72. The van der Waals surface area contributed by atoms with E-state index < -0.39 is 81.3 Å². The molecule has 4 aromatic rings. The van der Waals surface area contributed by atoms with Crippen molar-refractivity contribution in [3.63, 3.8) is 0 Å². The van der Waals surface area contributed by atoms with E-state index in [-0.39, 0.29) is 22.9 Å². The zero-order chi connectivity index (χ0) is 31.8. The minimum Gasteiger partial charge on any atom is -0.382 e. The van der Waals surface area contributed by atoms with Crippen molar-refractivity contribution < 1.29 is 36.7 Å². The molecule has 0 saturated carbocycles. The quantitative estimate of drug-likeness (QED) is 0.102. The Morgan fingerprint density at radius 2 is 1.36 bits per heavy atom. The first-order chi connectivity index (χ1) is 21.3. The summed E-state index contributed by atoms with van der Waals surface area (Å²) in [6.07, 6.45) is -2.69. The highest BCUT2D eigenvalue weighted by Crippen LogP contribution is 2.60. The van der Waals surface area contributed by atoms with Gasteiger partial charge in [-0.15, -0.1) is 0 Å². The lowest BCUT2D eigenvalue weighted by Crippen LogP contribution is -2.43. The van der Waals surface area contributed by atoms with E-state index >= 15 is 0 Å². The van der Waals surface area contributed by atoms with E-state index in [1.165, 1.54) is 28.1 Å². The van der Waals surface area contributed by atoms with Crippen molar-refractivity contribution >= 4 is 72.2 Å². The number of ether oxygens (including phenoxy) is 2. The van der Waals surface area contributed by atoms with E-state index in [2.05, 4.69) is 54.4 Å². The molecular formula is C20H26N12O9P2S2. The Bertz CT molecular complexity index is 1940. The van der Waals surface area contributed by atoms with Gasteiger partial charge in [-0.2, -0.15) is 4.98 Å². The molecule has 4 aromatic heterocycles. The molecule has 0 radical (unpaired) electrons. The van der Waals surface area contributed by atoms with Crippen LogP contribution < -0.4 is 28.5 Å². The van der Waals surface area contributed by atoms with Crippen LogP contribution >= 0.6 is 38.1 Å². The topological polar surface area (TPSA) is 301 Å². The number of aromatic amines is 1. The van der Waals surface area contributed by atoms with Crippen LogP contribution in [0.1, 0.15) is 12.5 Å². The molecule has 7 heterocycles. The fourth-order valence-corrected chi connectivity index (χ4v) is 8.46. The van der Waals surface area contributed by atoms with Crippen LogP contribution in [-0.2, 0) is 36.7 Å². The molecule has 242 valence electrons. The highest BCUT2D eigenvalue weighted by molar-refractivity contribution is 8.44. The molecule has 45 heavy (non-hydrogen) atoms. The number of nitrogens with one attached hydrogen (secondary N) is 1. The van der Waals surface area contributed by atoms with Gasteiger partial charge in [-0.25, -0.2) is 29.1 Å². The summed E-state index contributed by atoms with van der Waals surface area (Å²) in [7, 11) is 0. The summed E-state index contributed by atoms with van der Waals surface area (Å²) < 4.78 is 64.8. The Hall–Kier alpha value is -2.66. The molecule has 9 N–H and O–H groups in total. The molecule has 0 aliphatic carbocycles. The number of nitrogens with zero attached hydrogens (tertiary/aromatic N) is 7. The van der Waals surface area contributed by atoms with Crippen LogP contribution in [0.4, 0.5) is 11.8 Å².